The number of carbonyl (C=O) groups excluding carboxylic acids is 3. The second-order valence-electron chi connectivity index (χ2n) is 17.4. The summed E-state index contributed by atoms with van der Waals surface area (Å²) < 4.78 is 32.7. The van der Waals surface area contributed by atoms with E-state index in [-0.39, 0.29) is 36.9 Å². The summed E-state index contributed by atoms with van der Waals surface area (Å²) >= 11 is 0. The van der Waals surface area contributed by atoms with Gasteiger partial charge in [0.15, 0.2) is 6.10 Å². The highest BCUT2D eigenvalue weighted by atomic mass is 31.2. The van der Waals surface area contributed by atoms with E-state index in [0.29, 0.717) is 32.1 Å². The van der Waals surface area contributed by atoms with Gasteiger partial charge in [-0.1, -0.05) is 161 Å². The lowest BCUT2D eigenvalue weighted by Gasteiger charge is -2.20. The van der Waals surface area contributed by atoms with Gasteiger partial charge in [-0.2, -0.15) is 0 Å². The summed E-state index contributed by atoms with van der Waals surface area (Å²) in [6.07, 6.45) is 27.9. The molecule has 61 heavy (non-hydrogen) atoms. The SMILES string of the molecule is CCCCC[C@H](O)/C=C/[C@H]1[C@H](O)CC(=O)[C@@H]1C/C=C\CCCC(=O)OC[C@H](COP(=O)(O)OC[C@@H](O)CO)OC(=O)CCCCCCCCCCCCCCCCCC(C)C. The molecule has 14 heteroatoms. The van der Waals surface area contributed by atoms with Gasteiger partial charge in [-0.05, 0) is 38.0 Å². The summed E-state index contributed by atoms with van der Waals surface area (Å²) in [4.78, 5) is 47.8. The number of aliphatic hydroxyl groups excluding tert-OH is 4. The number of allylic oxidation sites excluding steroid dienone is 2. The number of rotatable bonds is 40. The highest BCUT2D eigenvalue weighted by Gasteiger charge is 2.39. The largest absolute Gasteiger partial charge is 0.472 e. The highest BCUT2D eigenvalue weighted by Crippen LogP contribution is 2.43. The number of hydrogen-bond acceptors (Lipinski definition) is 12. The minimum absolute atomic E-state index is 0.0167. The van der Waals surface area contributed by atoms with E-state index < -0.39 is 70.6 Å². The van der Waals surface area contributed by atoms with E-state index in [1.807, 2.05) is 12.2 Å². The highest BCUT2D eigenvalue weighted by molar-refractivity contribution is 7.47. The second kappa shape index (κ2) is 36.4. The Balaban J connectivity index is 2.41. The van der Waals surface area contributed by atoms with Gasteiger partial charge in [-0.3, -0.25) is 23.4 Å². The van der Waals surface area contributed by atoms with Crippen LogP contribution in [0.15, 0.2) is 24.3 Å². The predicted octanol–water partition coefficient (Wildman–Crippen LogP) is 9.40. The number of ketones is 1. The maximum absolute atomic E-state index is 12.7. The minimum Gasteiger partial charge on any atom is -0.462 e. The van der Waals surface area contributed by atoms with E-state index in [4.69, 9.17) is 19.1 Å². The molecule has 0 heterocycles. The molecule has 0 aliphatic heterocycles. The molecule has 1 aliphatic carbocycles. The van der Waals surface area contributed by atoms with Crippen LogP contribution in [0.25, 0.3) is 0 Å². The molecule has 0 amide bonds. The van der Waals surface area contributed by atoms with Crippen molar-refractivity contribution >= 4 is 25.5 Å². The van der Waals surface area contributed by atoms with E-state index >= 15 is 0 Å². The Morgan fingerprint density at radius 1 is 0.754 bits per heavy atom. The van der Waals surface area contributed by atoms with Gasteiger partial charge in [-0.15, -0.1) is 0 Å². The summed E-state index contributed by atoms with van der Waals surface area (Å²) in [5.74, 6) is -1.06. The Hall–Kier alpha value is -1.96. The number of phosphoric acid groups is 1. The third-order valence-corrected chi connectivity index (χ3v) is 12.1. The first kappa shape index (κ1) is 57.1. The lowest BCUT2D eigenvalue weighted by atomic mass is 9.90. The molecule has 1 unspecified atom stereocenters. The molecule has 0 bridgehead atoms. The number of unbranched alkanes of at least 4 members (excludes halogenated alkanes) is 17. The molecule has 356 valence electrons. The first-order chi connectivity index (χ1) is 29.3. The van der Waals surface area contributed by atoms with Crippen LogP contribution in [0.5, 0.6) is 0 Å². The molecule has 7 atom stereocenters. The van der Waals surface area contributed by atoms with E-state index in [2.05, 4.69) is 25.3 Å². The Morgan fingerprint density at radius 3 is 1.90 bits per heavy atom. The molecule has 1 rings (SSSR count). The summed E-state index contributed by atoms with van der Waals surface area (Å²) in [6, 6.07) is 0. The van der Waals surface area contributed by atoms with E-state index in [9.17, 15) is 39.2 Å². The van der Waals surface area contributed by atoms with Crippen LogP contribution in [0.3, 0.4) is 0 Å². The van der Waals surface area contributed by atoms with Gasteiger partial charge in [0.2, 0.25) is 0 Å². The molecule has 1 saturated carbocycles. The second-order valence-corrected chi connectivity index (χ2v) is 18.8. The van der Waals surface area contributed by atoms with Gasteiger partial charge in [0.1, 0.15) is 18.5 Å². The first-order valence-corrected chi connectivity index (χ1v) is 25.2. The standard InChI is InChI=1S/C47H85O13P/c1-4-5-21-27-39(49)31-32-43-42(44(51)33-45(43)52)28-23-19-20-24-29-46(53)57-36-41(37-59-61(55,56)58-35-40(50)34-48)60-47(54)30-25-18-16-14-12-10-8-6-7-9-11-13-15-17-22-26-38(2)3/h19,23,31-32,38-43,45,48-50,52H,4-18,20-22,24-30,33-37H2,1-3H3,(H,55,56)/b23-19-,32-31+/t39-,40-,41+,42+,43+,45+/m0/s1. The Morgan fingerprint density at radius 2 is 1.31 bits per heavy atom. The number of hydrogen-bond donors (Lipinski definition) is 5. The molecular weight excluding hydrogens is 803 g/mol. The molecule has 0 aromatic heterocycles. The van der Waals surface area contributed by atoms with Gasteiger partial charge >= 0.3 is 19.8 Å². The molecule has 0 spiro atoms. The maximum Gasteiger partial charge on any atom is 0.472 e. The van der Waals surface area contributed by atoms with Crippen LogP contribution in [0.4, 0.5) is 0 Å². The average molecular weight is 889 g/mol. The quantitative estimate of drug-likeness (QED) is 0.0168. The van der Waals surface area contributed by atoms with Gasteiger partial charge < -0.3 is 34.8 Å². The van der Waals surface area contributed by atoms with Gasteiger partial charge in [0.05, 0.1) is 32.0 Å². The van der Waals surface area contributed by atoms with Crippen molar-refractivity contribution in [2.45, 2.75) is 212 Å². The van der Waals surface area contributed by atoms with Gasteiger partial charge in [0, 0.05) is 31.1 Å². The molecule has 0 saturated heterocycles. The van der Waals surface area contributed by atoms with Crippen LogP contribution in [0, 0.1) is 17.8 Å². The summed E-state index contributed by atoms with van der Waals surface area (Å²) in [7, 11) is -4.68. The average Bonchev–Trinajstić information content (AvgIpc) is 3.49. The predicted molar refractivity (Wildman–Crippen MR) is 238 cm³/mol. The fourth-order valence-corrected chi connectivity index (χ4v) is 8.18. The number of phosphoric ester groups is 1. The van der Waals surface area contributed by atoms with Crippen LogP contribution in [0.2, 0.25) is 0 Å². The van der Waals surface area contributed by atoms with Crippen LogP contribution < -0.4 is 0 Å². The van der Waals surface area contributed by atoms with Crippen molar-refractivity contribution in [2.75, 3.05) is 26.4 Å². The van der Waals surface area contributed by atoms with Crippen molar-refractivity contribution in [3.63, 3.8) is 0 Å². The van der Waals surface area contributed by atoms with Gasteiger partial charge in [0.25, 0.3) is 0 Å². The number of esters is 2. The molecule has 0 aromatic rings. The lowest BCUT2D eigenvalue weighted by molar-refractivity contribution is -0.161. The smallest absolute Gasteiger partial charge is 0.462 e. The number of carbonyl (C=O) groups is 3. The summed E-state index contributed by atoms with van der Waals surface area (Å²) in [5.41, 5.74) is 0. The molecule has 1 aliphatic rings. The van der Waals surface area contributed by atoms with E-state index in [1.165, 1.54) is 77.0 Å². The number of aliphatic hydroxyl groups is 4. The van der Waals surface area contributed by atoms with Gasteiger partial charge in [-0.25, -0.2) is 4.57 Å². The van der Waals surface area contributed by atoms with Crippen LogP contribution in [0.1, 0.15) is 188 Å². The Bertz CT molecular complexity index is 1240. The molecule has 13 nitrogen and oxygen atoms in total. The fourth-order valence-electron chi connectivity index (χ4n) is 7.40. The summed E-state index contributed by atoms with van der Waals surface area (Å²) in [6.45, 7) is 4.33. The van der Waals surface area contributed by atoms with Crippen molar-refractivity contribution in [1.29, 1.82) is 0 Å². The Labute approximate surface area is 368 Å². The van der Waals surface area contributed by atoms with Crippen molar-refractivity contribution < 1.29 is 62.8 Å². The first-order valence-electron chi connectivity index (χ1n) is 23.8. The van der Waals surface area contributed by atoms with Crippen molar-refractivity contribution in [2.24, 2.45) is 17.8 Å². The topological polar surface area (TPSA) is 206 Å². The number of Topliss-reactive ketones (excluding diaryl/α,β-unsaturated/α-hetero) is 1. The molecule has 5 N–H and O–H groups in total. The monoisotopic (exact) mass is 889 g/mol. The maximum atomic E-state index is 12.7. The fraction of sp³-hybridized carbons (Fsp3) is 0.851. The van der Waals surface area contributed by atoms with Crippen molar-refractivity contribution in [3.05, 3.63) is 24.3 Å². The summed E-state index contributed by atoms with van der Waals surface area (Å²) in [5, 5.41) is 39.1. The molecular formula is C47H85O13P. The zero-order valence-electron chi connectivity index (χ0n) is 38.0. The normalized spacial score (nSPS) is 19.5. The molecule has 0 radical (unpaired) electrons. The van der Waals surface area contributed by atoms with Crippen molar-refractivity contribution in [1.82, 2.24) is 0 Å². The number of ether oxygens (including phenoxy) is 2. The molecule has 0 aromatic carbocycles. The van der Waals surface area contributed by atoms with Crippen LogP contribution in [-0.2, 0) is 37.5 Å². The minimum atomic E-state index is -4.68. The zero-order chi connectivity index (χ0) is 45.1. The Kier molecular flexibility index (Phi) is 34.0. The van der Waals surface area contributed by atoms with Crippen LogP contribution >= 0.6 is 7.82 Å². The third-order valence-electron chi connectivity index (χ3n) is 11.2. The van der Waals surface area contributed by atoms with Crippen molar-refractivity contribution in [3.8, 4) is 0 Å². The zero-order valence-corrected chi connectivity index (χ0v) is 38.9. The lowest BCUT2D eigenvalue weighted by Crippen LogP contribution is -2.29. The molecule has 1 fully saturated rings. The van der Waals surface area contributed by atoms with E-state index in [1.54, 1.807) is 12.2 Å². The van der Waals surface area contributed by atoms with E-state index in [0.717, 1.165) is 44.4 Å². The van der Waals surface area contributed by atoms with Crippen LogP contribution in [-0.4, -0.2) is 93.9 Å². The third kappa shape index (κ3) is 31.5.